The standard InChI is InChI=1S/C13H25NO3/c1-2-3-8-16-9-10-17-12(15)13(11-14)6-4-5-7-13/h2-11,14H2,1H3. The molecule has 0 aromatic carbocycles. The van der Waals surface area contributed by atoms with Gasteiger partial charge in [0.15, 0.2) is 0 Å². The van der Waals surface area contributed by atoms with E-state index in [1.54, 1.807) is 0 Å². The van der Waals surface area contributed by atoms with Gasteiger partial charge in [-0.05, 0) is 19.3 Å². The van der Waals surface area contributed by atoms with Crippen molar-refractivity contribution in [1.29, 1.82) is 0 Å². The van der Waals surface area contributed by atoms with Crippen LogP contribution in [0.4, 0.5) is 0 Å². The lowest BCUT2D eigenvalue weighted by Crippen LogP contribution is -2.38. The number of unbranched alkanes of at least 4 members (excludes halogenated alkanes) is 1. The lowest BCUT2D eigenvalue weighted by molar-refractivity contribution is -0.156. The summed E-state index contributed by atoms with van der Waals surface area (Å²) in [6, 6.07) is 0. The van der Waals surface area contributed by atoms with E-state index in [2.05, 4.69) is 6.92 Å². The Kier molecular flexibility index (Phi) is 6.52. The minimum Gasteiger partial charge on any atom is -0.463 e. The van der Waals surface area contributed by atoms with Gasteiger partial charge in [-0.25, -0.2) is 0 Å². The molecule has 4 heteroatoms. The number of esters is 1. The highest BCUT2D eigenvalue weighted by Crippen LogP contribution is 2.38. The molecule has 1 fully saturated rings. The summed E-state index contributed by atoms with van der Waals surface area (Å²) >= 11 is 0. The van der Waals surface area contributed by atoms with Gasteiger partial charge in [-0.2, -0.15) is 0 Å². The number of hydrogen-bond acceptors (Lipinski definition) is 4. The van der Waals surface area contributed by atoms with Gasteiger partial charge in [-0.1, -0.05) is 26.2 Å². The largest absolute Gasteiger partial charge is 0.463 e. The Morgan fingerprint density at radius 1 is 1.24 bits per heavy atom. The second-order valence-electron chi connectivity index (χ2n) is 4.79. The Labute approximate surface area is 104 Å². The van der Waals surface area contributed by atoms with E-state index in [4.69, 9.17) is 15.2 Å². The Bertz CT molecular complexity index is 225. The van der Waals surface area contributed by atoms with Crippen LogP contribution in [0.5, 0.6) is 0 Å². The van der Waals surface area contributed by atoms with E-state index in [1.165, 1.54) is 0 Å². The Balaban J connectivity index is 2.15. The molecular weight excluding hydrogens is 218 g/mol. The maximum atomic E-state index is 11.9. The van der Waals surface area contributed by atoms with Gasteiger partial charge in [-0.15, -0.1) is 0 Å². The van der Waals surface area contributed by atoms with Crippen molar-refractivity contribution in [1.82, 2.24) is 0 Å². The van der Waals surface area contributed by atoms with Crippen LogP contribution in [0.25, 0.3) is 0 Å². The highest BCUT2D eigenvalue weighted by atomic mass is 16.6. The number of nitrogens with two attached hydrogens (primary N) is 1. The third-order valence-electron chi connectivity index (χ3n) is 3.49. The maximum absolute atomic E-state index is 11.9. The molecule has 0 heterocycles. The quantitative estimate of drug-likeness (QED) is 0.522. The highest BCUT2D eigenvalue weighted by Gasteiger charge is 2.41. The zero-order valence-corrected chi connectivity index (χ0v) is 10.9. The Hall–Kier alpha value is -0.610. The molecular formula is C13H25NO3. The van der Waals surface area contributed by atoms with Gasteiger partial charge in [0.2, 0.25) is 0 Å². The predicted molar refractivity (Wildman–Crippen MR) is 66.6 cm³/mol. The third kappa shape index (κ3) is 4.28. The van der Waals surface area contributed by atoms with Gasteiger partial charge in [0.05, 0.1) is 12.0 Å². The van der Waals surface area contributed by atoms with Crippen molar-refractivity contribution in [3.05, 3.63) is 0 Å². The fourth-order valence-corrected chi connectivity index (χ4v) is 2.24. The van der Waals surface area contributed by atoms with E-state index in [1.807, 2.05) is 0 Å². The molecule has 4 nitrogen and oxygen atoms in total. The number of carbonyl (C=O) groups excluding carboxylic acids is 1. The number of ether oxygens (including phenoxy) is 2. The first-order chi connectivity index (χ1) is 8.25. The molecule has 1 aliphatic rings. The van der Waals surface area contributed by atoms with Crippen LogP contribution in [0.2, 0.25) is 0 Å². The third-order valence-corrected chi connectivity index (χ3v) is 3.49. The fourth-order valence-electron chi connectivity index (χ4n) is 2.24. The summed E-state index contributed by atoms with van der Waals surface area (Å²) in [5.74, 6) is -0.128. The summed E-state index contributed by atoms with van der Waals surface area (Å²) in [7, 11) is 0. The van der Waals surface area contributed by atoms with Gasteiger partial charge in [0.25, 0.3) is 0 Å². The van der Waals surface area contributed by atoms with Gasteiger partial charge < -0.3 is 15.2 Å². The van der Waals surface area contributed by atoms with E-state index in [0.717, 1.165) is 45.1 Å². The molecule has 2 N–H and O–H groups in total. The number of carbonyl (C=O) groups is 1. The van der Waals surface area contributed by atoms with Crippen LogP contribution in [0.15, 0.2) is 0 Å². The molecule has 0 radical (unpaired) electrons. The molecule has 0 aromatic rings. The summed E-state index contributed by atoms with van der Waals surface area (Å²) in [6.45, 7) is 4.11. The second kappa shape index (κ2) is 7.67. The van der Waals surface area contributed by atoms with Crippen molar-refractivity contribution in [2.45, 2.75) is 45.4 Å². The van der Waals surface area contributed by atoms with Gasteiger partial charge in [0.1, 0.15) is 6.61 Å². The van der Waals surface area contributed by atoms with Crippen LogP contribution in [0, 0.1) is 5.41 Å². The lowest BCUT2D eigenvalue weighted by Gasteiger charge is -2.24. The SMILES string of the molecule is CCCCOCCOC(=O)C1(CN)CCCC1. The van der Waals surface area contributed by atoms with Crippen molar-refractivity contribution in [2.75, 3.05) is 26.4 Å². The first-order valence-electron chi connectivity index (χ1n) is 6.70. The molecule has 0 unspecified atom stereocenters. The zero-order valence-electron chi connectivity index (χ0n) is 10.9. The van der Waals surface area contributed by atoms with Gasteiger partial charge >= 0.3 is 5.97 Å². The normalized spacial score (nSPS) is 18.2. The fraction of sp³-hybridized carbons (Fsp3) is 0.923. The van der Waals surface area contributed by atoms with Gasteiger partial charge in [-0.3, -0.25) is 4.79 Å². The topological polar surface area (TPSA) is 61.5 Å². The summed E-state index contributed by atoms with van der Waals surface area (Å²) in [5, 5.41) is 0. The molecule has 1 rings (SSSR count). The van der Waals surface area contributed by atoms with Crippen LogP contribution >= 0.6 is 0 Å². The van der Waals surface area contributed by atoms with Crippen LogP contribution in [0.3, 0.4) is 0 Å². The molecule has 100 valence electrons. The molecule has 0 atom stereocenters. The Morgan fingerprint density at radius 2 is 1.94 bits per heavy atom. The van der Waals surface area contributed by atoms with Crippen LogP contribution < -0.4 is 5.73 Å². The maximum Gasteiger partial charge on any atom is 0.313 e. The van der Waals surface area contributed by atoms with Crippen LogP contribution in [-0.4, -0.2) is 32.3 Å². The van der Waals surface area contributed by atoms with Crippen LogP contribution in [-0.2, 0) is 14.3 Å². The first kappa shape index (κ1) is 14.5. The van der Waals surface area contributed by atoms with Crippen molar-refractivity contribution in [3.63, 3.8) is 0 Å². The average molecular weight is 243 g/mol. The monoisotopic (exact) mass is 243 g/mol. The minimum atomic E-state index is -0.399. The molecule has 0 aliphatic heterocycles. The highest BCUT2D eigenvalue weighted by molar-refractivity contribution is 5.77. The second-order valence-corrected chi connectivity index (χ2v) is 4.79. The van der Waals surface area contributed by atoms with Crippen molar-refractivity contribution in [3.8, 4) is 0 Å². The first-order valence-corrected chi connectivity index (χ1v) is 6.70. The zero-order chi connectivity index (χ0) is 12.6. The average Bonchev–Trinajstić information content (AvgIpc) is 2.83. The molecule has 0 saturated heterocycles. The molecule has 1 aliphatic carbocycles. The molecule has 1 saturated carbocycles. The molecule has 0 spiro atoms. The van der Waals surface area contributed by atoms with E-state index < -0.39 is 5.41 Å². The summed E-state index contributed by atoms with van der Waals surface area (Å²) < 4.78 is 10.6. The molecule has 0 aromatic heterocycles. The Morgan fingerprint density at radius 3 is 2.53 bits per heavy atom. The van der Waals surface area contributed by atoms with Crippen molar-refractivity contribution < 1.29 is 14.3 Å². The smallest absolute Gasteiger partial charge is 0.313 e. The van der Waals surface area contributed by atoms with E-state index >= 15 is 0 Å². The molecule has 0 bridgehead atoms. The lowest BCUT2D eigenvalue weighted by atomic mass is 9.86. The summed E-state index contributed by atoms with van der Waals surface area (Å²) in [6.07, 6.45) is 6.09. The van der Waals surface area contributed by atoms with E-state index in [9.17, 15) is 4.79 Å². The van der Waals surface area contributed by atoms with Crippen molar-refractivity contribution >= 4 is 5.97 Å². The summed E-state index contributed by atoms with van der Waals surface area (Å²) in [4.78, 5) is 11.9. The molecule has 0 amide bonds. The number of rotatable bonds is 8. The van der Waals surface area contributed by atoms with Crippen molar-refractivity contribution in [2.24, 2.45) is 11.1 Å². The van der Waals surface area contributed by atoms with Gasteiger partial charge in [0, 0.05) is 13.2 Å². The van der Waals surface area contributed by atoms with E-state index in [-0.39, 0.29) is 5.97 Å². The number of hydrogen-bond donors (Lipinski definition) is 1. The predicted octanol–water partition coefficient (Wildman–Crippen LogP) is 1.87. The van der Waals surface area contributed by atoms with Crippen LogP contribution in [0.1, 0.15) is 45.4 Å². The minimum absolute atomic E-state index is 0.128. The van der Waals surface area contributed by atoms with E-state index in [0.29, 0.717) is 19.8 Å². The summed E-state index contributed by atoms with van der Waals surface area (Å²) in [5.41, 5.74) is 5.31. The molecule has 17 heavy (non-hydrogen) atoms.